The van der Waals surface area contributed by atoms with Crippen LogP contribution >= 0.6 is 0 Å². The molecule has 1 aromatic heterocycles. The monoisotopic (exact) mass is 247 g/mol. The summed E-state index contributed by atoms with van der Waals surface area (Å²) in [4.78, 5) is 17.5. The lowest BCUT2D eigenvalue weighted by Gasteiger charge is -2.21. The third kappa shape index (κ3) is 3.74. The SMILES string of the molecule is CCN(CCC(=O)OC)c1cc(C#N)cc(C)n1. The van der Waals surface area contributed by atoms with E-state index in [1.54, 1.807) is 12.1 Å². The molecule has 5 heteroatoms. The molecular weight excluding hydrogens is 230 g/mol. The summed E-state index contributed by atoms with van der Waals surface area (Å²) in [5.41, 5.74) is 1.37. The number of nitriles is 1. The Morgan fingerprint density at radius 3 is 2.83 bits per heavy atom. The van der Waals surface area contributed by atoms with Gasteiger partial charge in [-0.2, -0.15) is 5.26 Å². The lowest BCUT2D eigenvalue weighted by molar-refractivity contribution is -0.140. The number of rotatable bonds is 5. The number of methoxy groups -OCH3 is 1. The van der Waals surface area contributed by atoms with Crippen LogP contribution in [-0.2, 0) is 9.53 Å². The van der Waals surface area contributed by atoms with Crippen molar-refractivity contribution in [2.24, 2.45) is 0 Å². The summed E-state index contributed by atoms with van der Waals surface area (Å²) in [6.07, 6.45) is 0.307. The summed E-state index contributed by atoms with van der Waals surface area (Å²) in [5, 5.41) is 8.93. The van der Waals surface area contributed by atoms with Crippen molar-refractivity contribution in [2.45, 2.75) is 20.3 Å². The molecule has 1 rings (SSSR count). The number of esters is 1. The molecule has 0 spiro atoms. The number of aryl methyl sites for hydroxylation is 1. The Morgan fingerprint density at radius 1 is 1.56 bits per heavy atom. The van der Waals surface area contributed by atoms with Crippen LogP contribution in [-0.4, -0.2) is 31.2 Å². The standard InChI is InChI=1S/C13H17N3O2/c1-4-16(6-5-13(17)18-3)12-8-11(9-14)7-10(2)15-12/h7-8H,4-6H2,1-3H3. The molecule has 0 aliphatic heterocycles. The van der Waals surface area contributed by atoms with E-state index in [-0.39, 0.29) is 5.97 Å². The molecule has 0 aliphatic rings. The van der Waals surface area contributed by atoms with E-state index < -0.39 is 0 Å². The Hall–Kier alpha value is -2.09. The van der Waals surface area contributed by atoms with Gasteiger partial charge in [-0.05, 0) is 26.0 Å². The Labute approximate surface area is 107 Å². The minimum Gasteiger partial charge on any atom is -0.469 e. The predicted octanol–water partition coefficient (Wildman–Crippen LogP) is 1.65. The summed E-state index contributed by atoms with van der Waals surface area (Å²) in [5.74, 6) is 0.472. The first-order valence-electron chi connectivity index (χ1n) is 5.81. The van der Waals surface area contributed by atoms with Gasteiger partial charge in [0.1, 0.15) is 5.82 Å². The van der Waals surface area contributed by atoms with Crippen molar-refractivity contribution in [1.82, 2.24) is 4.98 Å². The summed E-state index contributed by atoms with van der Waals surface area (Å²) in [6, 6.07) is 5.57. The highest BCUT2D eigenvalue weighted by atomic mass is 16.5. The zero-order valence-corrected chi connectivity index (χ0v) is 10.9. The van der Waals surface area contributed by atoms with Crippen molar-refractivity contribution in [3.63, 3.8) is 0 Å². The Balaban J connectivity index is 2.85. The molecule has 5 nitrogen and oxygen atoms in total. The maximum Gasteiger partial charge on any atom is 0.307 e. The zero-order chi connectivity index (χ0) is 13.5. The molecule has 0 amide bonds. The lowest BCUT2D eigenvalue weighted by Crippen LogP contribution is -2.27. The summed E-state index contributed by atoms with van der Waals surface area (Å²) >= 11 is 0. The molecule has 0 radical (unpaired) electrons. The molecule has 0 aromatic carbocycles. The maximum atomic E-state index is 11.1. The van der Waals surface area contributed by atoms with Crippen LogP contribution in [0, 0.1) is 18.3 Å². The molecule has 18 heavy (non-hydrogen) atoms. The zero-order valence-electron chi connectivity index (χ0n) is 10.9. The predicted molar refractivity (Wildman–Crippen MR) is 68.2 cm³/mol. The van der Waals surface area contributed by atoms with E-state index >= 15 is 0 Å². The van der Waals surface area contributed by atoms with E-state index in [4.69, 9.17) is 5.26 Å². The van der Waals surface area contributed by atoms with Crippen molar-refractivity contribution in [3.8, 4) is 6.07 Å². The molecule has 0 bridgehead atoms. The van der Waals surface area contributed by atoms with E-state index in [1.807, 2.05) is 18.7 Å². The minimum atomic E-state index is -0.249. The van der Waals surface area contributed by atoms with E-state index in [9.17, 15) is 4.79 Å². The highest BCUT2D eigenvalue weighted by molar-refractivity contribution is 5.70. The molecule has 0 N–H and O–H groups in total. The second-order valence-corrected chi connectivity index (χ2v) is 3.87. The van der Waals surface area contributed by atoms with Gasteiger partial charge in [-0.3, -0.25) is 4.79 Å². The number of ether oxygens (including phenoxy) is 1. The summed E-state index contributed by atoms with van der Waals surface area (Å²) < 4.78 is 4.61. The fourth-order valence-electron chi connectivity index (χ4n) is 1.64. The van der Waals surface area contributed by atoms with Gasteiger partial charge < -0.3 is 9.64 Å². The molecule has 0 unspecified atom stereocenters. The fourth-order valence-corrected chi connectivity index (χ4v) is 1.64. The van der Waals surface area contributed by atoms with Crippen molar-refractivity contribution < 1.29 is 9.53 Å². The highest BCUT2D eigenvalue weighted by Crippen LogP contribution is 2.14. The Kier molecular flexibility index (Phi) is 5.12. The summed E-state index contributed by atoms with van der Waals surface area (Å²) in [7, 11) is 1.37. The van der Waals surface area contributed by atoms with Gasteiger partial charge in [0, 0.05) is 18.8 Å². The molecule has 0 saturated carbocycles. The van der Waals surface area contributed by atoms with Gasteiger partial charge in [0.05, 0.1) is 25.2 Å². The second kappa shape index (κ2) is 6.60. The Bertz CT molecular complexity index is 466. The Morgan fingerprint density at radius 2 is 2.28 bits per heavy atom. The minimum absolute atomic E-state index is 0.249. The molecular formula is C13H17N3O2. The van der Waals surface area contributed by atoms with E-state index in [0.717, 1.165) is 18.1 Å². The van der Waals surface area contributed by atoms with Crippen LogP contribution in [0.4, 0.5) is 5.82 Å². The number of hydrogen-bond donors (Lipinski definition) is 0. The highest BCUT2D eigenvalue weighted by Gasteiger charge is 2.10. The van der Waals surface area contributed by atoms with Crippen molar-refractivity contribution in [3.05, 3.63) is 23.4 Å². The molecule has 0 fully saturated rings. The first kappa shape index (κ1) is 14.0. The van der Waals surface area contributed by atoms with E-state index in [1.165, 1.54) is 7.11 Å². The molecule has 1 aromatic rings. The number of pyridine rings is 1. The smallest absolute Gasteiger partial charge is 0.307 e. The fraction of sp³-hybridized carbons (Fsp3) is 0.462. The molecule has 96 valence electrons. The van der Waals surface area contributed by atoms with Gasteiger partial charge >= 0.3 is 5.97 Å². The van der Waals surface area contributed by atoms with Crippen LogP contribution in [0.15, 0.2) is 12.1 Å². The average molecular weight is 247 g/mol. The second-order valence-electron chi connectivity index (χ2n) is 3.87. The maximum absolute atomic E-state index is 11.1. The van der Waals surface area contributed by atoms with Crippen LogP contribution in [0.3, 0.4) is 0 Å². The van der Waals surface area contributed by atoms with Crippen molar-refractivity contribution >= 4 is 11.8 Å². The van der Waals surface area contributed by atoms with Gasteiger partial charge in [0.2, 0.25) is 0 Å². The topological polar surface area (TPSA) is 66.2 Å². The number of anilines is 1. The first-order chi connectivity index (χ1) is 8.60. The van der Waals surface area contributed by atoms with Crippen LogP contribution in [0.1, 0.15) is 24.6 Å². The molecule has 0 aliphatic carbocycles. The number of hydrogen-bond acceptors (Lipinski definition) is 5. The van der Waals surface area contributed by atoms with Crippen molar-refractivity contribution in [1.29, 1.82) is 5.26 Å². The third-order valence-corrected chi connectivity index (χ3v) is 2.59. The molecule has 1 heterocycles. The first-order valence-corrected chi connectivity index (χ1v) is 5.81. The summed E-state index contributed by atoms with van der Waals surface area (Å²) in [6.45, 7) is 5.08. The van der Waals surface area contributed by atoms with Crippen LogP contribution < -0.4 is 4.90 Å². The van der Waals surface area contributed by atoms with Gasteiger partial charge in [-0.25, -0.2) is 4.98 Å². The van der Waals surface area contributed by atoms with Gasteiger partial charge in [-0.1, -0.05) is 0 Å². The van der Waals surface area contributed by atoms with Gasteiger partial charge in [-0.15, -0.1) is 0 Å². The van der Waals surface area contributed by atoms with Gasteiger partial charge in [0.25, 0.3) is 0 Å². The largest absolute Gasteiger partial charge is 0.469 e. The lowest BCUT2D eigenvalue weighted by atomic mass is 10.2. The normalized spacial score (nSPS) is 9.67. The van der Waals surface area contributed by atoms with Crippen LogP contribution in [0.5, 0.6) is 0 Å². The number of nitrogens with zero attached hydrogens (tertiary/aromatic N) is 3. The van der Waals surface area contributed by atoms with Crippen LogP contribution in [0.2, 0.25) is 0 Å². The van der Waals surface area contributed by atoms with Crippen molar-refractivity contribution in [2.75, 3.05) is 25.1 Å². The van der Waals surface area contributed by atoms with Gasteiger partial charge in [0.15, 0.2) is 0 Å². The average Bonchev–Trinajstić information content (AvgIpc) is 2.38. The number of aromatic nitrogens is 1. The number of carbonyl (C=O) groups is 1. The van der Waals surface area contributed by atoms with Crippen LogP contribution in [0.25, 0.3) is 0 Å². The molecule has 0 saturated heterocycles. The number of carbonyl (C=O) groups excluding carboxylic acids is 1. The molecule has 0 atom stereocenters. The quantitative estimate of drug-likeness (QED) is 0.740. The van der Waals surface area contributed by atoms with E-state index in [0.29, 0.717) is 18.5 Å². The third-order valence-electron chi connectivity index (χ3n) is 2.59. The van der Waals surface area contributed by atoms with E-state index in [2.05, 4.69) is 15.8 Å².